The van der Waals surface area contributed by atoms with Crippen molar-refractivity contribution in [3.05, 3.63) is 24.3 Å². The van der Waals surface area contributed by atoms with Gasteiger partial charge in [0, 0.05) is 31.4 Å². The van der Waals surface area contributed by atoms with E-state index in [1.165, 1.54) is 12.1 Å². The molecule has 21 heavy (non-hydrogen) atoms. The lowest BCUT2D eigenvalue weighted by atomic mass is 10.2. The molecule has 0 aromatic heterocycles. The van der Waals surface area contributed by atoms with Gasteiger partial charge in [-0.1, -0.05) is 6.07 Å². The van der Waals surface area contributed by atoms with E-state index in [0.717, 1.165) is 38.5 Å². The van der Waals surface area contributed by atoms with E-state index in [1.54, 1.807) is 0 Å². The first kappa shape index (κ1) is 17.8. The number of benzene rings is 1. The molecule has 4 heteroatoms. The molecule has 0 amide bonds. The van der Waals surface area contributed by atoms with Gasteiger partial charge in [-0.05, 0) is 59.6 Å². The van der Waals surface area contributed by atoms with Gasteiger partial charge in [0.25, 0.3) is 0 Å². The van der Waals surface area contributed by atoms with Crippen molar-refractivity contribution < 1.29 is 4.74 Å². The fourth-order valence-corrected chi connectivity index (χ4v) is 2.25. The molecule has 120 valence electrons. The molecule has 0 spiro atoms. The van der Waals surface area contributed by atoms with Gasteiger partial charge in [-0.25, -0.2) is 0 Å². The smallest absolute Gasteiger partial charge is 0.121 e. The molecular formula is C17H31N3O. The second-order valence-corrected chi connectivity index (χ2v) is 5.42. The zero-order chi connectivity index (χ0) is 15.5. The maximum atomic E-state index is 5.81. The van der Waals surface area contributed by atoms with Crippen LogP contribution in [0.1, 0.15) is 20.3 Å². The molecule has 0 atom stereocenters. The first-order valence-corrected chi connectivity index (χ1v) is 8.00. The van der Waals surface area contributed by atoms with E-state index in [0.29, 0.717) is 6.61 Å². The van der Waals surface area contributed by atoms with Crippen LogP contribution in [0.3, 0.4) is 0 Å². The molecule has 0 heterocycles. The van der Waals surface area contributed by atoms with Crippen LogP contribution < -0.4 is 15.0 Å². The van der Waals surface area contributed by atoms with E-state index in [1.807, 2.05) is 6.07 Å². The summed E-state index contributed by atoms with van der Waals surface area (Å²) < 4.78 is 5.81. The van der Waals surface area contributed by atoms with Gasteiger partial charge < -0.3 is 19.9 Å². The molecule has 0 aliphatic heterocycles. The van der Waals surface area contributed by atoms with Crippen molar-refractivity contribution >= 4 is 5.69 Å². The van der Waals surface area contributed by atoms with Crippen LogP contribution >= 0.6 is 0 Å². The summed E-state index contributed by atoms with van der Waals surface area (Å²) in [5.74, 6) is 0.953. The molecule has 0 aliphatic carbocycles. The molecule has 0 fully saturated rings. The highest BCUT2D eigenvalue weighted by Crippen LogP contribution is 2.20. The molecule has 1 N–H and O–H groups in total. The Kier molecular flexibility index (Phi) is 8.87. The Hall–Kier alpha value is -1.26. The van der Waals surface area contributed by atoms with E-state index >= 15 is 0 Å². The fourth-order valence-electron chi connectivity index (χ4n) is 2.25. The van der Waals surface area contributed by atoms with Crippen molar-refractivity contribution in [2.45, 2.75) is 20.3 Å². The molecule has 0 aliphatic rings. The third-order valence-electron chi connectivity index (χ3n) is 3.45. The summed E-state index contributed by atoms with van der Waals surface area (Å²) in [6.07, 6.45) is 1.17. The highest BCUT2D eigenvalue weighted by atomic mass is 16.5. The lowest BCUT2D eigenvalue weighted by Gasteiger charge is -2.21. The van der Waals surface area contributed by atoms with E-state index in [2.05, 4.69) is 61.3 Å². The third-order valence-corrected chi connectivity index (χ3v) is 3.45. The average molecular weight is 293 g/mol. The third kappa shape index (κ3) is 7.34. The molecular weight excluding hydrogens is 262 g/mol. The van der Waals surface area contributed by atoms with Gasteiger partial charge >= 0.3 is 0 Å². The summed E-state index contributed by atoms with van der Waals surface area (Å²) in [7, 11) is 4.21. The topological polar surface area (TPSA) is 27.7 Å². The second kappa shape index (κ2) is 10.5. The molecule has 1 aromatic rings. The van der Waals surface area contributed by atoms with Crippen LogP contribution in [-0.4, -0.2) is 58.3 Å². The first-order chi connectivity index (χ1) is 10.2. The van der Waals surface area contributed by atoms with Gasteiger partial charge in [-0.15, -0.1) is 0 Å². The number of ether oxygens (including phenoxy) is 1. The van der Waals surface area contributed by atoms with Gasteiger partial charge in [-0.2, -0.15) is 0 Å². The maximum absolute atomic E-state index is 5.81. The Balaban J connectivity index is 2.24. The molecule has 0 radical (unpaired) electrons. The average Bonchev–Trinajstić information content (AvgIpc) is 2.48. The van der Waals surface area contributed by atoms with Crippen LogP contribution in [0, 0.1) is 0 Å². The minimum Gasteiger partial charge on any atom is -0.492 e. The molecule has 0 saturated carbocycles. The van der Waals surface area contributed by atoms with Crippen molar-refractivity contribution in [2.24, 2.45) is 0 Å². The first-order valence-electron chi connectivity index (χ1n) is 8.00. The lowest BCUT2D eigenvalue weighted by molar-refractivity contribution is 0.311. The summed E-state index contributed by atoms with van der Waals surface area (Å²) >= 11 is 0. The van der Waals surface area contributed by atoms with Crippen molar-refractivity contribution in [3.8, 4) is 5.75 Å². The summed E-state index contributed by atoms with van der Waals surface area (Å²) in [4.78, 5) is 4.53. The summed E-state index contributed by atoms with van der Waals surface area (Å²) in [5.41, 5.74) is 1.23. The zero-order valence-corrected chi connectivity index (χ0v) is 14.1. The van der Waals surface area contributed by atoms with Gasteiger partial charge in [0.1, 0.15) is 12.4 Å². The molecule has 1 aromatic carbocycles. The van der Waals surface area contributed by atoms with Crippen LogP contribution in [0.25, 0.3) is 0 Å². The minimum absolute atomic E-state index is 0.712. The predicted molar refractivity (Wildman–Crippen MR) is 91.5 cm³/mol. The zero-order valence-electron chi connectivity index (χ0n) is 14.1. The molecule has 0 unspecified atom stereocenters. The Labute approximate surface area is 130 Å². The van der Waals surface area contributed by atoms with Crippen LogP contribution in [0.5, 0.6) is 5.75 Å². The Morgan fingerprint density at radius 1 is 1.10 bits per heavy atom. The summed E-state index contributed by atoms with van der Waals surface area (Å²) in [6, 6.07) is 8.35. The van der Waals surface area contributed by atoms with Crippen LogP contribution in [-0.2, 0) is 0 Å². The molecule has 4 nitrogen and oxygen atoms in total. The largest absolute Gasteiger partial charge is 0.492 e. The van der Waals surface area contributed by atoms with Crippen LogP contribution in [0.2, 0.25) is 0 Å². The molecule has 0 bridgehead atoms. The van der Waals surface area contributed by atoms with Crippen molar-refractivity contribution in [3.63, 3.8) is 0 Å². The van der Waals surface area contributed by atoms with Gasteiger partial charge in [-0.3, -0.25) is 0 Å². The molecule has 1 rings (SSSR count). The highest BCUT2D eigenvalue weighted by molar-refractivity contribution is 5.50. The maximum Gasteiger partial charge on any atom is 0.121 e. The van der Waals surface area contributed by atoms with E-state index in [-0.39, 0.29) is 0 Å². The Bertz CT molecular complexity index is 378. The Morgan fingerprint density at radius 3 is 2.52 bits per heavy atom. The number of anilines is 1. The predicted octanol–water partition coefficient (Wildman–Crippen LogP) is 2.45. The quantitative estimate of drug-likeness (QED) is 0.634. The summed E-state index contributed by atoms with van der Waals surface area (Å²) in [6.45, 7) is 10.2. The second-order valence-electron chi connectivity index (χ2n) is 5.42. The van der Waals surface area contributed by atoms with E-state index in [4.69, 9.17) is 4.74 Å². The number of rotatable bonds is 11. The highest BCUT2D eigenvalue weighted by Gasteiger charge is 2.02. The van der Waals surface area contributed by atoms with E-state index in [9.17, 15) is 0 Å². The number of nitrogens with zero attached hydrogens (tertiary/aromatic N) is 2. The van der Waals surface area contributed by atoms with Gasteiger partial charge in [0.2, 0.25) is 0 Å². The van der Waals surface area contributed by atoms with Gasteiger partial charge in [0.05, 0.1) is 0 Å². The summed E-state index contributed by atoms with van der Waals surface area (Å²) in [5, 5.41) is 3.41. The van der Waals surface area contributed by atoms with E-state index < -0.39 is 0 Å². The molecule has 0 saturated heterocycles. The van der Waals surface area contributed by atoms with Crippen LogP contribution in [0.15, 0.2) is 24.3 Å². The fraction of sp³-hybridized carbons (Fsp3) is 0.647. The van der Waals surface area contributed by atoms with Crippen LogP contribution in [0.4, 0.5) is 5.69 Å². The number of nitrogens with one attached hydrogen (secondary N) is 1. The van der Waals surface area contributed by atoms with Gasteiger partial charge in [0.15, 0.2) is 0 Å². The number of hydrogen-bond acceptors (Lipinski definition) is 4. The standard InChI is InChI=1S/C17H31N3O/c1-5-20(6-2)16-9-7-10-17(15-16)21-14-12-18-11-8-13-19(3)4/h7,9-10,15,18H,5-6,8,11-14H2,1-4H3. The normalized spacial score (nSPS) is 10.9. The van der Waals surface area contributed by atoms with Crippen molar-refractivity contribution in [2.75, 3.05) is 58.3 Å². The minimum atomic E-state index is 0.712. The Morgan fingerprint density at radius 2 is 1.86 bits per heavy atom. The monoisotopic (exact) mass is 293 g/mol. The lowest BCUT2D eigenvalue weighted by Crippen LogP contribution is -2.25. The SMILES string of the molecule is CCN(CC)c1cccc(OCCNCCCN(C)C)c1. The number of hydrogen-bond donors (Lipinski definition) is 1. The van der Waals surface area contributed by atoms with Crippen molar-refractivity contribution in [1.82, 2.24) is 10.2 Å². The van der Waals surface area contributed by atoms with Crippen molar-refractivity contribution in [1.29, 1.82) is 0 Å².